The minimum atomic E-state index is -5.03. The zero-order valence-corrected chi connectivity index (χ0v) is 16.7. The molecule has 0 aliphatic heterocycles. The van der Waals surface area contributed by atoms with Crippen molar-refractivity contribution in [2.75, 3.05) is 0 Å². The molecule has 2 nitrogen and oxygen atoms in total. The fourth-order valence-electron chi connectivity index (χ4n) is 3.19. The predicted molar refractivity (Wildman–Crippen MR) is 103 cm³/mol. The van der Waals surface area contributed by atoms with Gasteiger partial charge in [0, 0.05) is 16.5 Å². The number of fused-ring (bicyclic) bond motifs is 1. The Labute approximate surface area is 183 Å². The molecule has 0 saturated heterocycles. The molecule has 0 amide bonds. The van der Waals surface area contributed by atoms with Crippen LogP contribution < -0.4 is 0 Å². The number of halogens is 9. The summed E-state index contributed by atoms with van der Waals surface area (Å²) in [5.74, 6) is 0. The van der Waals surface area contributed by atoms with Crippen molar-refractivity contribution in [1.82, 2.24) is 10.2 Å². The van der Waals surface area contributed by atoms with Crippen molar-refractivity contribution in [2.45, 2.75) is 18.5 Å². The van der Waals surface area contributed by atoms with E-state index >= 15 is 0 Å². The fraction of sp³-hybridized carbons (Fsp3) is 0.143. The molecule has 0 atom stereocenters. The van der Waals surface area contributed by atoms with E-state index in [4.69, 9.17) is 0 Å². The minimum Gasteiger partial charge on any atom is -0.166 e. The van der Waals surface area contributed by atoms with E-state index in [0.29, 0.717) is 16.8 Å². The van der Waals surface area contributed by atoms with Crippen molar-refractivity contribution in [2.24, 2.45) is 0 Å². The highest BCUT2D eigenvalue weighted by atomic mass is 32.1. The van der Waals surface area contributed by atoms with Gasteiger partial charge in [-0.2, -0.15) is 39.5 Å². The standard InChI is InChI=1S/C21H9F9N2S/c22-19(23,24)12-3-1-10(2-4-12)17-18-15(5-6-33-18)16(31-32-17)11-7-13(20(25,26)27)9-14(8-11)21(28,29)30/h1-9H. The molecule has 12 heteroatoms. The number of nitrogens with zero attached hydrogens (tertiary/aromatic N) is 2. The molecule has 0 aliphatic carbocycles. The van der Waals surface area contributed by atoms with Gasteiger partial charge in [0.1, 0.15) is 11.4 Å². The average Bonchev–Trinajstić information content (AvgIpc) is 3.21. The summed E-state index contributed by atoms with van der Waals surface area (Å²) in [5.41, 5.74) is -4.11. The number of hydrogen-bond acceptors (Lipinski definition) is 3. The normalized spacial score (nSPS) is 13.0. The lowest BCUT2D eigenvalue weighted by Crippen LogP contribution is -2.11. The molecule has 0 N–H and O–H groups in total. The van der Waals surface area contributed by atoms with Gasteiger partial charge in [-0.05, 0) is 41.8 Å². The third-order valence-corrected chi connectivity index (χ3v) is 5.65. The molecule has 2 aromatic heterocycles. The summed E-state index contributed by atoms with van der Waals surface area (Å²) in [7, 11) is 0. The molecular weight excluding hydrogens is 483 g/mol. The average molecular weight is 492 g/mol. The quantitative estimate of drug-likeness (QED) is 0.265. The maximum absolute atomic E-state index is 13.2. The first-order chi connectivity index (χ1) is 15.2. The van der Waals surface area contributed by atoms with Gasteiger partial charge in [0.15, 0.2) is 0 Å². The Kier molecular flexibility index (Phi) is 5.38. The highest BCUT2D eigenvalue weighted by Crippen LogP contribution is 2.41. The first-order valence-corrected chi connectivity index (χ1v) is 9.84. The second-order valence-electron chi connectivity index (χ2n) is 6.93. The Balaban J connectivity index is 1.88. The van der Waals surface area contributed by atoms with E-state index in [1.807, 2.05) is 0 Å². The molecule has 0 spiro atoms. The summed E-state index contributed by atoms with van der Waals surface area (Å²) in [6.07, 6.45) is -14.6. The van der Waals surface area contributed by atoms with Gasteiger partial charge in [-0.25, -0.2) is 0 Å². The van der Waals surface area contributed by atoms with Crippen LogP contribution in [0.2, 0.25) is 0 Å². The molecule has 4 rings (SSSR count). The van der Waals surface area contributed by atoms with Crippen LogP contribution in [-0.2, 0) is 18.5 Å². The van der Waals surface area contributed by atoms with E-state index in [1.54, 1.807) is 0 Å². The SMILES string of the molecule is FC(F)(F)c1ccc(-c2nnc(-c3cc(C(F)(F)F)cc(C(F)(F)F)c3)c3ccsc23)cc1. The molecule has 0 fully saturated rings. The lowest BCUT2D eigenvalue weighted by atomic mass is 10.00. The summed E-state index contributed by atoms with van der Waals surface area (Å²) in [4.78, 5) is 0. The summed E-state index contributed by atoms with van der Waals surface area (Å²) < 4.78 is 118. The van der Waals surface area contributed by atoms with Crippen LogP contribution in [0.1, 0.15) is 16.7 Å². The Morgan fingerprint density at radius 3 is 1.58 bits per heavy atom. The largest absolute Gasteiger partial charge is 0.416 e. The van der Waals surface area contributed by atoms with E-state index in [1.165, 1.54) is 11.4 Å². The molecule has 33 heavy (non-hydrogen) atoms. The van der Waals surface area contributed by atoms with Gasteiger partial charge in [-0.3, -0.25) is 0 Å². The third-order valence-electron chi connectivity index (χ3n) is 4.73. The van der Waals surface area contributed by atoms with Crippen LogP contribution in [0.4, 0.5) is 39.5 Å². The smallest absolute Gasteiger partial charge is 0.166 e. The maximum atomic E-state index is 13.2. The molecule has 4 aromatic rings. The highest BCUT2D eigenvalue weighted by molar-refractivity contribution is 7.17. The number of hydrogen-bond donors (Lipinski definition) is 0. The molecular formula is C21H9F9N2S. The van der Waals surface area contributed by atoms with E-state index in [0.717, 1.165) is 35.6 Å². The zero-order valence-electron chi connectivity index (χ0n) is 15.9. The summed E-state index contributed by atoms with van der Waals surface area (Å²) >= 11 is 1.08. The van der Waals surface area contributed by atoms with Crippen LogP contribution in [0.3, 0.4) is 0 Å². The van der Waals surface area contributed by atoms with Gasteiger partial charge in [0.05, 0.1) is 21.4 Å². The first kappa shape index (κ1) is 23.0. The van der Waals surface area contributed by atoms with E-state index in [-0.39, 0.29) is 28.4 Å². The highest BCUT2D eigenvalue weighted by Gasteiger charge is 2.37. The Morgan fingerprint density at radius 2 is 1.06 bits per heavy atom. The molecule has 2 heterocycles. The molecule has 0 bridgehead atoms. The number of alkyl halides is 9. The van der Waals surface area contributed by atoms with E-state index in [9.17, 15) is 39.5 Å². The monoisotopic (exact) mass is 492 g/mol. The topological polar surface area (TPSA) is 25.8 Å². The predicted octanol–water partition coefficient (Wildman–Crippen LogP) is 8.08. The first-order valence-electron chi connectivity index (χ1n) is 8.96. The number of thiophene rings is 1. The van der Waals surface area contributed by atoms with Crippen molar-refractivity contribution in [3.8, 4) is 22.5 Å². The number of rotatable bonds is 2. The zero-order chi connectivity index (χ0) is 24.2. The van der Waals surface area contributed by atoms with Crippen LogP contribution in [0.15, 0.2) is 53.9 Å². The van der Waals surface area contributed by atoms with Crippen molar-refractivity contribution in [1.29, 1.82) is 0 Å². The Morgan fingerprint density at radius 1 is 0.545 bits per heavy atom. The summed E-state index contributed by atoms with van der Waals surface area (Å²) in [6, 6.07) is 6.57. The second-order valence-corrected chi connectivity index (χ2v) is 7.85. The van der Waals surface area contributed by atoms with Crippen molar-refractivity contribution in [3.63, 3.8) is 0 Å². The van der Waals surface area contributed by atoms with Crippen LogP contribution in [0.25, 0.3) is 32.6 Å². The third kappa shape index (κ3) is 4.52. The summed E-state index contributed by atoms with van der Waals surface area (Å²) in [5, 5.41) is 9.51. The molecule has 2 aromatic carbocycles. The summed E-state index contributed by atoms with van der Waals surface area (Å²) in [6.45, 7) is 0. The lowest BCUT2D eigenvalue weighted by Gasteiger charge is -2.14. The van der Waals surface area contributed by atoms with Crippen molar-refractivity contribution < 1.29 is 39.5 Å². The van der Waals surface area contributed by atoms with Gasteiger partial charge in [0.2, 0.25) is 0 Å². The maximum Gasteiger partial charge on any atom is 0.416 e. The van der Waals surface area contributed by atoms with E-state index in [2.05, 4.69) is 10.2 Å². The molecule has 0 aliphatic rings. The molecule has 0 unspecified atom stereocenters. The van der Waals surface area contributed by atoms with Crippen molar-refractivity contribution >= 4 is 21.4 Å². The van der Waals surface area contributed by atoms with Gasteiger partial charge in [0.25, 0.3) is 0 Å². The fourth-order valence-corrected chi connectivity index (χ4v) is 4.09. The second kappa shape index (κ2) is 7.72. The molecule has 0 radical (unpaired) electrons. The minimum absolute atomic E-state index is 0.0122. The van der Waals surface area contributed by atoms with Crippen LogP contribution in [-0.4, -0.2) is 10.2 Å². The molecule has 0 saturated carbocycles. The van der Waals surface area contributed by atoms with Crippen molar-refractivity contribution in [3.05, 3.63) is 70.6 Å². The van der Waals surface area contributed by atoms with Gasteiger partial charge >= 0.3 is 18.5 Å². The Hall–Kier alpha value is -3.15. The van der Waals surface area contributed by atoms with Crippen LogP contribution >= 0.6 is 11.3 Å². The number of benzene rings is 2. The van der Waals surface area contributed by atoms with E-state index < -0.39 is 40.8 Å². The lowest BCUT2D eigenvalue weighted by molar-refractivity contribution is -0.143. The van der Waals surface area contributed by atoms with Gasteiger partial charge in [-0.15, -0.1) is 21.5 Å². The number of aromatic nitrogens is 2. The van der Waals surface area contributed by atoms with Crippen LogP contribution in [0, 0.1) is 0 Å². The van der Waals surface area contributed by atoms with Crippen LogP contribution in [0.5, 0.6) is 0 Å². The molecule has 172 valence electrons. The van der Waals surface area contributed by atoms with Gasteiger partial charge < -0.3 is 0 Å². The Bertz CT molecular complexity index is 1280. The van der Waals surface area contributed by atoms with Gasteiger partial charge in [-0.1, -0.05) is 12.1 Å².